The van der Waals surface area contributed by atoms with E-state index < -0.39 is 0 Å². The fourth-order valence-corrected chi connectivity index (χ4v) is 3.51. The quantitative estimate of drug-likeness (QED) is 0.839. The van der Waals surface area contributed by atoms with Crippen molar-refractivity contribution >= 4 is 5.91 Å². The highest BCUT2D eigenvalue weighted by Gasteiger charge is 2.31. The molecule has 0 bridgehead atoms. The molecule has 0 spiro atoms. The van der Waals surface area contributed by atoms with Gasteiger partial charge in [0.2, 0.25) is 0 Å². The smallest absolute Gasteiger partial charge is 0.276 e. The number of amides is 1. The number of hydrogen-bond donors (Lipinski definition) is 0. The number of carbonyl (C=O) groups excluding carboxylic acids is 1. The summed E-state index contributed by atoms with van der Waals surface area (Å²) in [6, 6.07) is 1.80. The van der Waals surface area contributed by atoms with Gasteiger partial charge < -0.3 is 9.42 Å². The summed E-state index contributed by atoms with van der Waals surface area (Å²) in [7, 11) is 0. The zero-order valence-corrected chi connectivity index (χ0v) is 15.3. The van der Waals surface area contributed by atoms with Crippen LogP contribution in [0.3, 0.4) is 0 Å². The van der Waals surface area contributed by atoms with E-state index in [0.29, 0.717) is 42.7 Å². The third-order valence-corrected chi connectivity index (χ3v) is 5.60. The Balaban J connectivity index is 1.35. The van der Waals surface area contributed by atoms with Crippen LogP contribution in [0.5, 0.6) is 0 Å². The number of aryl methyl sites for hydroxylation is 1. The van der Waals surface area contributed by atoms with Crippen LogP contribution in [0.1, 0.15) is 59.1 Å². The molecule has 1 aliphatic heterocycles. The van der Waals surface area contributed by atoms with Crippen LogP contribution < -0.4 is 5.56 Å². The molecule has 138 valence electrons. The van der Waals surface area contributed by atoms with Crippen molar-refractivity contribution in [2.45, 2.75) is 52.0 Å². The Labute approximate surface area is 152 Å². The Morgan fingerprint density at radius 3 is 2.65 bits per heavy atom. The molecule has 0 atom stereocenters. The van der Waals surface area contributed by atoms with Crippen molar-refractivity contribution in [3.63, 3.8) is 0 Å². The summed E-state index contributed by atoms with van der Waals surface area (Å²) in [6.07, 6.45) is 5.63. The van der Waals surface area contributed by atoms with E-state index in [1.165, 1.54) is 0 Å². The van der Waals surface area contributed by atoms with Gasteiger partial charge in [-0.05, 0) is 45.4 Å². The van der Waals surface area contributed by atoms with E-state index in [0.717, 1.165) is 37.1 Å². The summed E-state index contributed by atoms with van der Waals surface area (Å²) in [6.45, 7) is 5.69. The Hall–Kier alpha value is -2.44. The number of piperidine rings is 1. The maximum atomic E-state index is 12.6. The van der Waals surface area contributed by atoms with E-state index in [-0.39, 0.29) is 11.5 Å². The summed E-state index contributed by atoms with van der Waals surface area (Å²) < 4.78 is 6.99. The number of aromatic nitrogens is 3. The molecule has 2 fully saturated rings. The number of likely N-dealkylation sites (tertiary alicyclic amines) is 1. The third-order valence-electron chi connectivity index (χ3n) is 5.60. The first kappa shape index (κ1) is 17.0. The summed E-state index contributed by atoms with van der Waals surface area (Å²) in [4.78, 5) is 31.0. The number of nitrogens with zero attached hydrogens (tertiary/aromatic N) is 4. The highest BCUT2D eigenvalue weighted by molar-refractivity contribution is 5.92. The summed E-state index contributed by atoms with van der Waals surface area (Å²) in [5.74, 6) is 1.62. The van der Waals surface area contributed by atoms with Gasteiger partial charge in [-0.1, -0.05) is 5.16 Å². The minimum Gasteiger partial charge on any atom is -0.360 e. The SMILES string of the molecule is Cc1ncn(CC2CCN(C(=O)c3cc(C4CC4)on3)CC2)c(=O)c1C. The maximum Gasteiger partial charge on any atom is 0.276 e. The molecular weight excluding hydrogens is 332 g/mol. The van der Waals surface area contributed by atoms with Gasteiger partial charge in [-0.3, -0.25) is 14.2 Å². The van der Waals surface area contributed by atoms with Gasteiger partial charge in [0, 0.05) is 42.9 Å². The minimum absolute atomic E-state index is 0.0335. The number of carbonyl (C=O) groups is 1. The predicted octanol–water partition coefficient (Wildman–Crippen LogP) is 2.28. The van der Waals surface area contributed by atoms with Gasteiger partial charge in [0.25, 0.3) is 11.5 Å². The van der Waals surface area contributed by atoms with E-state index in [1.54, 1.807) is 17.0 Å². The average molecular weight is 356 g/mol. The number of rotatable bonds is 4. The van der Waals surface area contributed by atoms with Crippen LogP contribution in [0.4, 0.5) is 0 Å². The second-order valence-electron chi connectivity index (χ2n) is 7.54. The van der Waals surface area contributed by atoms with Crippen molar-refractivity contribution < 1.29 is 9.32 Å². The standard InChI is InChI=1S/C19H24N4O3/c1-12-13(2)20-11-23(18(12)24)10-14-5-7-22(8-6-14)19(25)16-9-17(26-21-16)15-3-4-15/h9,11,14-15H,3-8,10H2,1-2H3. The second kappa shape index (κ2) is 6.70. The van der Waals surface area contributed by atoms with Gasteiger partial charge in [-0.15, -0.1) is 0 Å². The van der Waals surface area contributed by atoms with Crippen LogP contribution in [0.2, 0.25) is 0 Å². The van der Waals surface area contributed by atoms with Crippen molar-refractivity contribution in [3.8, 4) is 0 Å². The molecule has 1 saturated carbocycles. The zero-order valence-electron chi connectivity index (χ0n) is 15.3. The molecule has 1 amide bonds. The van der Waals surface area contributed by atoms with Crippen LogP contribution in [0.15, 0.2) is 21.7 Å². The molecule has 0 radical (unpaired) electrons. The van der Waals surface area contributed by atoms with Crippen LogP contribution in [-0.2, 0) is 6.54 Å². The number of hydrogen-bond acceptors (Lipinski definition) is 5. The van der Waals surface area contributed by atoms with Crippen molar-refractivity contribution in [1.82, 2.24) is 19.6 Å². The van der Waals surface area contributed by atoms with Crippen LogP contribution in [0, 0.1) is 19.8 Å². The lowest BCUT2D eigenvalue weighted by Crippen LogP contribution is -2.40. The van der Waals surface area contributed by atoms with Gasteiger partial charge in [0.15, 0.2) is 5.69 Å². The minimum atomic E-state index is -0.0517. The van der Waals surface area contributed by atoms with Gasteiger partial charge in [-0.2, -0.15) is 0 Å². The first-order valence-electron chi connectivity index (χ1n) is 9.31. The molecule has 2 aromatic heterocycles. The normalized spacial score (nSPS) is 18.3. The monoisotopic (exact) mass is 356 g/mol. The maximum absolute atomic E-state index is 12.6. The molecule has 1 saturated heterocycles. The molecule has 2 aliphatic rings. The Morgan fingerprint density at radius 2 is 1.96 bits per heavy atom. The zero-order chi connectivity index (χ0) is 18.3. The second-order valence-corrected chi connectivity index (χ2v) is 7.54. The lowest BCUT2D eigenvalue weighted by atomic mass is 9.96. The molecule has 2 aromatic rings. The van der Waals surface area contributed by atoms with Crippen molar-refractivity contribution in [2.24, 2.45) is 5.92 Å². The van der Waals surface area contributed by atoms with E-state index >= 15 is 0 Å². The van der Waals surface area contributed by atoms with Crippen LogP contribution >= 0.6 is 0 Å². The van der Waals surface area contributed by atoms with Crippen molar-refractivity contribution in [2.75, 3.05) is 13.1 Å². The third kappa shape index (κ3) is 3.30. The Bertz CT molecular complexity index is 873. The fraction of sp³-hybridized carbons (Fsp3) is 0.579. The molecule has 1 aliphatic carbocycles. The molecule has 0 unspecified atom stereocenters. The van der Waals surface area contributed by atoms with Crippen molar-refractivity contribution in [3.05, 3.63) is 45.5 Å². The summed E-state index contributed by atoms with van der Waals surface area (Å²) >= 11 is 0. The molecule has 7 heteroatoms. The molecule has 0 N–H and O–H groups in total. The largest absolute Gasteiger partial charge is 0.360 e. The van der Waals surface area contributed by atoms with E-state index in [4.69, 9.17) is 4.52 Å². The topological polar surface area (TPSA) is 81.2 Å². The highest BCUT2D eigenvalue weighted by Crippen LogP contribution is 2.40. The van der Waals surface area contributed by atoms with E-state index in [2.05, 4.69) is 10.1 Å². The summed E-state index contributed by atoms with van der Waals surface area (Å²) in [5, 5.41) is 3.95. The van der Waals surface area contributed by atoms with Crippen molar-refractivity contribution in [1.29, 1.82) is 0 Å². The van der Waals surface area contributed by atoms with Crippen LogP contribution in [-0.4, -0.2) is 38.6 Å². The predicted molar refractivity (Wildman–Crippen MR) is 95.1 cm³/mol. The first-order valence-corrected chi connectivity index (χ1v) is 9.31. The average Bonchev–Trinajstić information content (AvgIpc) is 3.39. The van der Waals surface area contributed by atoms with E-state index in [1.807, 2.05) is 18.7 Å². The lowest BCUT2D eigenvalue weighted by Gasteiger charge is -2.31. The fourth-order valence-electron chi connectivity index (χ4n) is 3.51. The first-order chi connectivity index (χ1) is 12.5. The van der Waals surface area contributed by atoms with Gasteiger partial charge in [0.1, 0.15) is 5.76 Å². The molecular formula is C19H24N4O3. The van der Waals surface area contributed by atoms with E-state index in [9.17, 15) is 9.59 Å². The highest BCUT2D eigenvalue weighted by atomic mass is 16.5. The summed E-state index contributed by atoms with van der Waals surface area (Å²) in [5.41, 5.74) is 1.94. The molecule has 0 aromatic carbocycles. The van der Waals surface area contributed by atoms with Gasteiger partial charge in [-0.25, -0.2) is 4.98 Å². The Morgan fingerprint density at radius 1 is 1.23 bits per heavy atom. The molecule has 4 rings (SSSR count). The van der Waals surface area contributed by atoms with Gasteiger partial charge >= 0.3 is 0 Å². The molecule has 26 heavy (non-hydrogen) atoms. The van der Waals surface area contributed by atoms with Gasteiger partial charge in [0.05, 0.1) is 6.33 Å². The lowest BCUT2D eigenvalue weighted by molar-refractivity contribution is 0.0671. The molecule has 7 nitrogen and oxygen atoms in total. The van der Waals surface area contributed by atoms with Crippen LogP contribution in [0.25, 0.3) is 0 Å². The molecule has 3 heterocycles. The Kier molecular flexibility index (Phi) is 4.38.